The Morgan fingerprint density at radius 1 is 0.935 bits per heavy atom. The zero-order valence-electron chi connectivity index (χ0n) is 15.6. The summed E-state index contributed by atoms with van der Waals surface area (Å²) in [7, 11) is -4.00. The van der Waals surface area contributed by atoms with Gasteiger partial charge in [0.05, 0.1) is 20.9 Å². The molecule has 4 rings (SSSR count). The van der Waals surface area contributed by atoms with Gasteiger partial charge < -0.3 is 4.74 Å². The van der Waals surface area contributed by atoms with Crippen molar-refractivity contribution in [2.75, 3.05) is 4.72 Å². The summed E-state index contributed by atoms with van der Waals surface area (Å²) in [5.74, 6) is 0.314. The van der Waals surface area contributed by atoms with E-state index in [2.05, 4.69) is 9.71 Å². The van der Waals surface area contributed by atoms with Crippen LogP contribution < -0.4 is 9.46 Å². The Labute approximate surface area is 202 Å². The van der Waals surface area contributed by atoms with Crippen molar-refractivity contribution in [3.8, 4) is 10.9 Å². The van der Waals surface area contributed by atoms with Crippen LogP contribution in [-0.2, 0) is 10.0 Å². The molecule has 0 atom stereocenters. The summed E-state index contributed by atoms with van der Waals surface area (Å²) in [6.45, 7) is 1.69. The van der Waals surface area contributed by atoms with Gasteiger partial charge >= 0.3 is 0 Å². The molecule has 0 aliphatic heterocycles. The minimum absolute atomic E-state index is 0.00902. The fraction of sp³-hybridized carbons (Fsp3) is 0.0500. The molecule has 0 aliphatic rings. The number of aromatic nitrogens is 1. The third kappa shape index (κ3) is 5.03. The van der Waals surface area contributed by atoms with Crippen molar-refractivity contribution < 1.29 is 13.2 Å². The SMILES string of the molecule is Cc1cc(S(=O)(=O)Nc2cc(Cl)cc(Oc3nc4cc(Cl)ccc4s3)c2)c(Cl)cc1Cl. The monoisotopic (exact) mass is 532 g/mol. The first-order valence-electron chi connectivity index (χ1n) is 8.64. The van der Waals surface area contributed by atoms with Crippen LogP contribution in [0.4, 0.5) is 5.69 Å². The van der Waals surface area contributed by atoms with Crippen molar-refractivity contribution in [2.24, 2.45) is 0 Å². The summed E-state index contributed by atoms with van der Waals surface area (Å²) in [6, 6.07) is 12.6. The van der Waals surface area contributed by atoms with E-state index in [1.54, 1.807) is 25.1 Å². The number of hydrogen-bond acceptors (Lipinski definition) is 5. The smallest absolute Gasteiger partial charge is 0.279 e. The molecule has 0 bridgehead atoms. The van der Waals surface area contributed by atoms with E-state index in [4.69, 9.17) is 51.1 Å². The van der Waals surface area contributed by atoms with E-state index in [1.807, 2.05) is 6.07 Å². The molecule has 1 aromatic heterocycles. The zero-order chi connectivity index (χ0) is 22.3. The van der Waals surface area contributed by atoms with Crippen molar-refractivity contribution in [2.45, 2.75) is 11.8 Å². The average molecular weight is 534 g/mol. The maximum absolute atomic E-state index is 12.9. The van der Waals surface area contributed by atoms with Gasteiger partial charge in [-0.1, -0.05) is 57.7 Å². The van der Waals surface area contributed by atoms with E-state index in [0.717, 1.165) is 4.70 Å². The van der Waals surface area contributed by atoms with Gasteiger partial charge in [0.15, 0.2) is 0 Å². The fourth-order valence-electron chi connectivity index (χ4n) is 2.75. The summed E-state index contributed by atoms with van der Waals surface area (Å²) >= 11 is 25.6. The Morgan fingerprint density at radius 3 is 2.48 bits per heavy atom. The van der Waals surface area contributed by atoms with E-state index >= 15 is 0 Å². The third-order valence-corrected chi connectivity index (χ3v) is 7.78. The molecule has 5 nitrogen and oxygen atoms in total. The number of hydrogen-bond donors (Lipinski definition) is 1. The number of halogens is 4. The molecule has 0 fully saturated rings. The minimum Gasteiger partial charge on any atom is -0.431 e. The number of fused-ring (bicyclic) bond motifs is 1. The molecule has 11 heteroatoms. The Hall–Kier alpha value is -1.74. The van der Waals surface area contributed by atoms with Crippen LogP contribution in [0.25, 0.3) is 10.2 Å². The summed E-state index contributed by atoms with van der Waals surface area (Å²) in [5.41, 5.74) is 1.48. The standard InChI is InChI=1S/C20H12Cl4N2O3S2/c1-10-4-19(16(24)9-15(10)23)31(27,28)26-13-5-12(22)6-14(8-13)29-20-25-17-7-11(21)2-3-18(17)30-20/h2-9,26H,1H3. The fourth-order valence-corrected chi connectivity index (χ4v) is 5.83. The topological polar surface area (TPSA) is 68.3 Å². The van der Waals surface area contributed by atoms with Gasteiger partial charge in [-0.05, 0) is 55.0 Å². The summed E-state index contributed by atoms with van der Waals surface area (Å²) in [5, 5.41) is 1.59. The Kier molecular flexibility index (Phi) is 6.27. The number of nitrogens with one attached hydrogen (secondary N) is 1. The predicted molar refractivity (Wildman–Crippen MR) is 128 cm³/mol. The van der Waals surface area contributed by atoms with Gasteiger partial charge in [0, 0.05) is 21.1 Å². The van der Waals surface area contributed by atoms with Gasteiger partial charge in [0.25, 0.3) is 15.2 Å². The number of benzene rings is 3. The number of anilines is 1. The van der Waals surface area contributed by atoms with E-state index < -0.39 is 10.0 Å². The van der Waals surface area contributed by atoms with E-state index in [1.165, 1.54) is 35.6 Å². The van der Waals surface area contributed by atoms with Crippen LogP contribution in [0.5, 0.6) is 10.9 Å². The molecular weight excluding hydrogens is 522 g/mol. The quantitative estimate of drug-likeness (QED) is 0.284. The molecular formula is C20H12Cl4N2O3S2. The number of nitrogens with zero attached hydrogens (tertiary/aromatic N) is 1. The van der Waals surface area contributed by atoms with Gasteiger partial charge in [-0.15, -0.1) is 0 Å². The van der Waals surface area contributed by atoms with Crippen LogP contribution in [0.15, 0.2) is 53.4 Å². The van der Waals surface area contributed by atoms with Gasteiger partial charge in [-0.3, -0.25) is 4.72 Å². The van der Waals surface area contributed by atoms with Gasteiger partial charge in [-0.25, -0.2) is 13.4 Å². The zero-order valence-corrected chi connectivity index (χ0v) is 20.3. The largest absolute Gasteiger partial charge is 0.431 e. The first-order valence-corrected chi connectivity index (χ1v) is 12.4. The first-order chi connectivity index (χ1) is 14.6. The average Bonchev–Trinajstić information content (AvgIpc) is 3.04. The lowest BCUT2D eigenvalue weighted by Gasteiger charge is -2.12. The Balaban J connectivity index is 1.63. The normalized spacial score (nSPS) is 11.6. The summed E-state index contributed by atoms with van der Waals surface area (Å²) in [6.07, 6.45) is 0. The van der Waals surface area contributed by atoms with Crippen LogP contribution in [0.1, 0.15) is 5.56 Å². The molecule has 0 saturated heterocycles. The molecule has 31 heavy (non-hydrogen) atoms. The highest BCUT2D eigenvalue weighted by molar-refractivity contribution is 7.92. The van der Waals surface area contributed by atoms with Crippen molar-refractivity contribution in [1.29, 1.82) is 0 Å². The third-order valence-electron chi connectivity index (χ3n) is 4.16. The van der Waals surface area contributed by atoms with Crippen LogP contribution in [-0.4, -0.2) is 13.4 Å². The van der Waals surface area contributed by atoms with Gasteiger partial charge in [0.2, 0.25) is 0 Å². The maximum atomic E-state index is 12.9. The highest BCUT2D eigenvalue weighted by Crippen LogP contribution is 2.35. The number of ether oxygens (including phenoxy) is 1. The van der Waals surface area contributed by atoms with Crippen LogP contribution in [0.3, 0.4) is 0 Å². The van der Waals surface area contributed by atoms with Crippen LogP contribution >= 0.6 is 57.7 Å². The molecule has 3 aromatic carbocycles. The van der Waals surface area contributed by atoms with Crippen LogP contribution in [0.2, 0.25) is 20.1 Å². The summed E-state index contributed by atoms with van der Waals surface area (Å²) < 4.78 is 34.9. The molecule has 1 N–H and O–H groups in total. The summed E-state index contributed by atoms with van der Waals surface area (Å²) in [4.78, 5) is 4.28. The maximum Gasteiger partial charge on any atom is 0.279 e. The lowest BCUT2D eigenvalue weighted by Crippen LogP contribution is -2.14. The second kappa shape index (κ2) is 8.65. The number of rotatable bonds is 5. The molecule has 0 radical (unpaired) electrons. The van der Waals surface area contributed by atoms with Crippen molar-refractivity contribution in [3.63, 3.8) is 0 Å². The number of thiazole rings is 1. The van der Waals surface area contributed by atoms with E-state index in [-0.39, 0.29) is 20.6 Å². The Bertz CT molecular complexity index is 1420. The molecule has 4 aromatic rings. The Morgan fingerprint density at radius 2 is 1.71 bits per heavy atom. The van der Waals surface area contributed by atoms with Crippen molar-refractivity contribution in [1.82, 2.24) is 4.98 Å². The number of sulfonamides is 1. The lowest BCUT2D eigenvalue weighted by molar-refractivity contribution is 0.480. The van der Waals surface area contributed by atoms with Crippen molar-refractivity contribution in [3.05, 3.63) is 74.2 Å². The van der Waals surface area contributed by atoms with Gasteiger partial charge in [-0.2, -0.15) is 0 Å². The lowest BCUT2D eigenvalue weighted by atomic mass is 10.2. The van der Waals surface area contributed by atoms with Gasteiger partial charge in [0.1, 0.15) is 10.6 Å². The van der Waals surface area contributed by atoms with E-state index in [9.17, 15) is 8.42 Å². The van der Waals surface area contributed by atoms with Crippen molar-refractivity contribution >= 4 is 83.7 Å². The minimum atomic E-state index is -4.00. The molecule has 0 spiro atoms. The second-order valence-corrected chi connectivity index (χ2v) is 10.8. The highest BCUT2D eigenvalue weighted by Gasteiger charge is 2.20. The molecule has 1 heterocycles. The number of aryl methyl sites for hydroxylation is 1. The molecule has 0 saturated carbocycles. The first kappa shape index (κ1) is 22.5. The van der Waals surface area contributed by atoms with Crippen LogP contribution in [0, 0.1) is 6.92 Å². The van der Waals surface area contributed by atoms with E-state index in [0.29, 0.717) is 32.1 Å². The highest BCUT2D eigenvalue weighted by atomic mass is 35.5. The predicted octanol–water partition coefficient (Wildman–Crippen LogP) is 7.81. The second-order valence-electron chi connectivity index (χ2n) is 6.51. The molecule has 160 valence electrons. The molecule has 0 unspecified atom stereocenters. The molecule has 0 amide bonds. The molecule has 0 aliphatic carbocycles.